The van der Waals surface area contributed by atoms with Crippen molar-refractivity contribution >= 4 is 7.37 Å². The van der Waals surface area contributed by atoms with Crippen molar-refractivity contribution in [2.75, 3.05) is 6.16 Å². The Morgan fingerprint density at radius 1 is 1.14 bits per heavy atom. The van der Waals surface area contributed by atoms with Crippen molar-refractivity contribution in [1.82, 2.24) is 0 Å². The first-order chi connectivity index (χ1) is 6.62. The molecule has 84 valence electrons. The third kappa shape index (κ3) is 8.52. The molecule has 0 aromatic carbocycles. The minimum atomic E-state index is -2.94. The van der Waals surface area contributed by atoms with Crippen LogP contribution in [-0.4, -0.2) is 11.1 Å². The standard InChI is InChI=1S/C11H23O2P/c1-3-5-7-9-11-14(12,13)10-8-6-4-2/h9,11H,3-8,10H2,1-2H3,(H,12,13). The molecule has 1 unspecified atom stereocenters. The molecule has 0 aliphatic carbocycles. The summed E-state index contributed by atoms with van der Waals surface area (Å²) in [5.41, 5.74) is 0. The van der Waals surface area contributed by atoms with E-state index in [9.17, 15) is 9.46 Å². The quantitative estimate of drug-likeness (QED) is 0.491. The Morgan fingerprint density at radius 3 is 2.36 bits per heavy atom. The van der Waals surface area contributed by atoms with E-state index in [1.54, 1.807) is 0 Å². The van der Waals surface area contributed by atoms with Gasteiger partial charge >= 0.3 is 0 Å². The van der Waals surface area contributed by atoms with E-state index in [1.807, 2.05) is 6.08 Å². The zero-order valence-electron chi connectivity index (χ0n) is 9.41. The molecule has 0 saturated heterocycles. The predicted molar refractivity (Wildman–Crippen MR) is 62.9 cm³/mol. The Hall–Kier alpha value is -0.0700. The zero-order valence-corrected chi connectivity index (χ0v) is 10.3. The summed E-state index contributed by atoms with van der Waals surface area (Å²) in [6.45, 7) is 4.22. The van der Waals surface area contributed by atoms with Gasteiger partial charge in [-0.2, -0.15) is 0 Å². The summed E-state index contributed by atoms with van der Waals surface area (Å²) in [5, 5.41) is 0. The van der Waals surface area contributed by atoms with Gasteiger partial charge in [-0.15, -0.1) is 0 Å². The summed E-state index contributed by atoms with van der Waals surface area (Å²) < 4.78 is 11.5. The summed E-state index contributed by atoms with van der Waals surface area (Å²) in [5.74, 6) is 1.53. The molecule has 3 heteroatoms. The first-order valence-electron chi connectivity index (χ1n) is 5.61. The van der Waals surface area contributed by atoms with Gasteiger partial charge in [-0.05, 0) is 18.7 Å². The van der Waals surface area contributed by atoms with Crippen LogP contribution in [0, 0.1) is 0 Å². The maximum absolute atomic E-state index is 11.5. The molecule has 0 heterocycles. The van der Waals surface area contributed by atoms with E-state index < -0.39 is 7.37 Å². The summed E-state index contributed by atoms with van der Waals surface area (Å²) in [6.07, 6.45) is 8.48. The third-order valence-corrected chi connectivity index (χ3v) is 3.78. The summed E-state index contributed by atoms with van der Waals surface area (Å²) in [7, 11) is -2.94. The van der Waals surface area contributed by atoms with Crippen LogP contribution in [0.15, 0.2) is 11.9 Å². The fourth-order valence-electron chi connectivity index (χ4n) is 1.22. The van der Waals surface area contributed by atoms with E-state index in [4.69, 9.17) is 0 Å². The number of hydrogen-bond acceptors (Lipinski definition) is 1. The molecule has 0 aliphatic rings. The van der Waals surface area contributed by atoms with Gasteiger partial charge in [-0.25, -0.2) is 0 Å². The van der Waals surface area contributed by atoms with Gasteiger partial charge in [0.05, 0.1) is 0 Å². The second-order valence-corrected chi connectivity index (χ2v) is 5.97. The number of allylic oxidation sites excluding steroid dienone is 1. The average Bonchev–Trinajstić information content (AvgIpc) is 2.13. The molecular weight excluding hydrogens is 195 g/mol. The Morgan fingerprint density at radius 2 is 1.79 bits per heavy atom. The zero-order chi connectivity index (χ0) is 10.9. The highest BCUT2D eigenvalue weighted by Gasteiger charge is 2.11. The SMILES string of the molecule is CCCCC=CP(=O)(O)CCCCC. The highest BCUT2D eigenvalue weighted by atomic mass is 31.2. The summed E-state index contributed by atoms with van der Waals surface area (Å²) in [6, 6.07) is 0. The molecule has 0 rings (SSSR count). The van der Waals surface area contributed by atoms with Gasteiger partial charge in [-0.3, -0.25) is 4.57 Å². The van der Waals surface area contributed by atoms with Crippen molar-refractivity contribution in [3.63, 3.8) is 0 Å². The molecule has 2 nitrogen and oxygen atoms in total. The number of hydrogen-bond donors (Lipinski definition) is 1. The molecule has 1 N–H and O–H groups in total. The van der Waals surface area contributed by atoms with Crippen molar-refractivity contribution in [3.8, 4) is 0 Å². The maximum Gasteiger partial charge on any atom is 0.222 e. The molecule has 14 heavy (non-hydrogen) atoms. The Labute approximate surface area is 87.9 Å². The second-order valence-electron chi connectivity index (χ2n) is 3.71. The van der Waals surface area contributed by atoms with Crippen molar-refractivity contribution in [3.05, 3.63) is 11.9 Å². The van der Waals surface area contributed by atoms with E-state index in [0.717, 1.165) is 38.5 Å². The molecule has 0 radical (unpaired) electrons. The van der Waals surface area contributed by atoms with Gasteiger partial charge in [0.1, 0.15) is 0 Å². The average molecular weight is 218 g/mol. The van der Waals surface area contributed by atoms with Gasteiger partial charge in [0.15, 0.2) is 0 Å². The molecular formula is C11H23O2P. The molecule has 1 atom stereocenters. The van der Waals surface area contributed by atoms with Gasteiger partial charge < -0.3 is 4.89 Å². The number of unbranched alkanes of at least 4 members (excludes halogenated alkanes) is 4. The molecule has 0 saturated carbocycles. The summed E-state index contributed by atoms with van der Waals surface area (Å²) >= 11 is 0. The van der Waals surface area contributed by atoms with Crippen molar-refractivity contribution in [2.45, 2.75) is 52.4 Å². The van der Waals surface area contributed by atoms with E-state index in [-0.39, 0.29) is 0 Å². The van der Waals surface area contributed by atoms with Crippen molar-refractivity contribution in [2.24, 2.45) is 0 Å². The van der Waals surface area contributed by atoms with E-state index in [2.05, 4.69) is 13.8 Å². The van der Waals surface area contributed by atoms with Gasteiger partial charge in [-0.1, -0.05) is 45.6 Å². The van der Waals surface area contributed by atoms with Crippen molar-refractivity contribution < 1.29 is 9.46 Å². The molecule has 0 amide bonds. The second kappa shape index (κ2) is 8.26. The van der Waals surface area contributed by atoms with Crippen molar-refractivity contribution in [1.29, 1.82) is 0 Å². The van der Waals surface area contributed by atoms with Crippen LogP contribution in [-0.2, 0) is 4.57 Å². The monoisotopic (exact) mass is 218 g/mol. The molecule has 0 spiro atoms. The minimum Gasteiger partial charge on any atom is -0.341 e. The van der Waals surface area contributed by atoms with Crippen LogP contribution >= 0.6 is 7.37 Å². The normalized spacial score (nSPS) is 15.9. The Balaban J connectivity index is 3.70. The fourth-order valence-corrected chi connectivity index (χ4v) is 2.53. The maximum atomic E-state index is 11.5. The highest BCUT2D eigenvalue weighted by molar-refractivity contribution is 7.61. The first kappa shape index (κ1) is 13.9. The van der Waals surface area contributed by atoms with Crippen LogP contribution in [0.4, 0.5) is 0 Å². The Bertz CT molecular complexity index is 199. The third-order valence-electron chi connectivity index (χ3n) is 2.14. The minimum absolute atomic E-state index is 0.448. The lowest BCUT2D eigenvalue weighted by Crippen LogP contribution is -1.86. The Kier molecular flexibility index (Phi) is 8.21. The molecule has 0 aromatic rings. The van der Waals surface area contributed by atoms with Gasteiger partial charge in [0, 0.05) is 6.16 Å². The van der Waals surface area contributed by atoms with Crippen LogP contribution in [0.25, 0.3) is 0 Å². The van der Waals surface area contributed by atoms with Crippen LogP contribution in [0.5, 0.6) is 0 Å². The van der Waals surface area contributed by atoms with Crippen LogP contribution in [0.2, 0.25) is 0 Å². The highest BCUT2D eigenvalue weighted by Crippen LogP contribution is 2.43. The fraction of sp³-hybridized carbons (Fsp3) is 0.818. The lowest BCUT2D eigenvalue weighted by atomic mass is 10.2. The predicted octanol–water partition coefficient (Wildman–Crippen LogP) is 4.15. The van der Waals surface area contributed by atoms with Gasteiger partial charge in [0.25, 0.3) is 0 Å². The first-order valence-corrected chi connectivity index (χ1v) is 7.53. The van der Waals surface area contributed by atoms with E-state index in [1.165, 1.54) is 5.82 Å². The topological polar surface area (TPSA) is 37.3 Å². The lowest BCUT2D eigenvalue weighted by Gasteiger charge is -2.05. The van der Waals surface area contributed by atoms with E-state index >= 15 is 0 Å². The summed E-state index contributed by atoms with van der Waals surface area (Å²) in [4.78, 5) is 9.51. The van der Waals surface area contributed by atoms with Crippen LogP contribution in [0.3, 0.4) is 0 Å². The van der Waals surface area contributed by atoms with Crippen LogP contribution < -0.4 is 0 Å². The number of rotatable bonds is 8. The lowest BCUT2D eigenvalue weighted by molar-refractivity contribution is 0.485. The van der Waals surface area contributed by atoms with Gasteiger partial charge in [0.2, 0.25) is 7.37 Å². The molecule has 0 bridgehead atoms. The largest absolute Gasteiger partial charge is 0.341 e. The smallest absolute Gasteiger partial charge is 0.222 e. The molecule has 0 aromatic heterocycles. The van der Waals surface area contributed by atoms with E-state index in [0.29, 0.717) is 6.16 Å². The molecule has 0 fully saturated rings. The molecule has 0 aliphatic heterocycles. The van der Waals surface area contributed by atoms with Crippen LogP contribution in [0.1, 0.15) is 52.4 Å².